The van der Waals surface area contributed by atoms with Crippen LogP contribution in [0.5, 0.6) is 17.2 Å². The van der Waals surface area contributed by atoms with Crippen LogP contribution in [-0.4, -0.2) is 46.3 Å². The van der Waals surface area contributed by atoms with E-state index in [4.69, 9.17) is 37.4 Å². The minimum absolute atomic E-state index is 0.00331. The van der Waals surface area contributed by atoms with Crippen LogP contribution in [0.2, 0.25) is 10.0 Å². The van der Waals surface area contributed by atoms with E-state index in [1.54, 1.807) is 48.5 Å². The Labute approximate surface area is 303 Å². The quantitative estimate of drug-likeness (QED) is 0.0501. The number of Topliss-reactive ketones (excluding diaryl/α,β-unsaturated/α-hetero) is 1. The van der Waals surface area contributed by atoms with Crippen LogP contribution < -0.4 is 19.1 Å². The maximum atomic E-state index is 13.9. The van der Waals surface area contributed by atoms with Gasteiger partial charge in [0, 0.05) is 27.8 Å². The first-order valence-electron chi connectivity index (χ1n) is 15.9. The zero-order chi connectivity index (χ0) is 34.8. The Bertz CT molecular complexity index is 1930. The molecule has 1 amide bonds. The lowest BCUT2D eigenvalue weighted by atomic mass is 9.94. The number of nitrogens with zero attached hydrogens (tertiary/aromatic N) is 3. The number of carbonyl (C=O) groups is 2. The number of aliphatic hydroxyl groups excluding tert-OH is 1. The van der Waals surface area contributed by atoms with Crippen LogP contribution >= 0.6 is 46.3 Å². The Morgan fingerprint density at radius 2 is 1.90 bits per heavy atom. The first kappa shape index (κ1) is 35.1. The van der Waals surface area contributed by atoms with Gasteiger partial charge in [-0.25, -0.2) is 0 Å². The summed E-state index contributed by atoms with van der Waals surface area (Å²) in [7, 11) is 0. The molecule has 6 rings (SSSR count). The number of anilines is 1. The van der Waals surface area contributed by atoms with E-state index in [1.165, 1.54) is 28.0 Å². The molecular formula is C36H35Cl2N3O6S2. The van der Waals surface area contributed by atoms with Gasteiger partial charge in [0.2, 0.25) is 5.13 Å². The van der Waals surface area contributed by atoms with Crippen molar-refractivity contribution in [2.24, 2.45) is 5.92 Å². The lowest BCUT2D eigenvalue weighted by Crippen LogP contribution is -2.29. The molecule has 1 N–H and O–H groups in total. The first-order valence-corrected chi connectivity index (χ1v) is 18.5. The molecule has 49 heavy (non-hydrogen) atoms. The van der Waals surface area contributed by atoms with Gasteiger partial charge in [-0.05, 0) is 85.3 Å². The molecule has 1 saturated heterocycles. The van der Waals surface area contributed by atoms with Crippen molar-refractivity contribution >= 4 is 68.9 Å². The number of hydrogen-bond acceptors (Lipinski definition) is 10. The first-order chi connectivity index (χ1) is 23.5. The zero-order valence-corrected chi connectivity index (χ0v) is 30.5. The van der Waals surface area contributed by atoms with Gasteiger partial charge in [-0.1, -0.05) is 72.3 Å². The van der Waals surface area contributed by atoms with E-state index in [9.17, 15) is 14.7 Å². The number of rotatable bonds is 12. The van der Waals surface area contributed by atoms with E-state index in [0.29, 0.717) is 68.3 Å². The average molecular weight is 741 g/mol. The molecule has 13 heteroatoms. The second-order valence-electron chi connectivity index (χ2n) is 12.2. The fourth-order valence-corrected chi connectivity index (χ4v) is 8.12. The number of benzene rings is 3. The molecule has 9 nitrogen and oxygen atoms in total. The normalized spacial score (nSPS) is 18.2. The van der Waals surface area contributed by atoms with Crippen molar-refractivity contribution in [2.75, 3.05) is 18.1 Å². The van der Waals surface area contributed by atoms with Gasteiger partial charge in [-0.3, -0.25) is 14.5 Å². The van der Waals surface area contributed by atoms with Gasteiger partial charge in [-0.15, -0.1) is 10.2 Å². The lowest BCUT2D eigenvalue weighted by Gasteiger charge is -2.24. The van der Waals surface area contributed by atoms with Crippen molar-refractivity contribution in [1.82, 2.24) is 10.2 Å². The standard InChI is InChI=1S/C36H35Cl2N3O6S2/c1-5-45-29-16-21(7-11-28(29)46-13-12-19(2)3)31-30(32(42)22-8-10-27-24(15-22)14-20(4)47-27)33(43)34(44)41(31)35-39-40-36(49-35)48-18-23-6-9-25(37)17-26(23)38/h6-11,15-17,19-20,31,42H,5,12-14,18H2,1-4H3/b32-30+. The molecule has 0 bridgehead atoms. The smallest absolute Gasteiger partial charge is 0.301 e. The number of aliphatic hydroxyl groups is 1. The fourth-order valence-electron chi connectivity index (χ4n) is 5.69. The molecule has 4 aromatic rings. The molecule has 0 spiro atoms. The summed E-state index contributed by atoms with van der Waals surface area (Å²) in [6, 6.07) is 14.8. The van der Waals surface area contributed by atoms with Crippen molar-refractivity contribution in [3.8, 4) is 17.2 Å². The van der Waals surface area contributed by atoms with Gasteiger partial charge in [0.15, 0.2) is 15.8 Å². The lowest BCUT2D eigenvalue weighted by molar-refractivity contribution is -0.132. The Balaban J connectivity index is 1.40. The summed E-state index contributed by atoms with van der Waals surface area (Å²) in [6.07, 6.45) is 1.52. The fraction of sp³-hybridized carbons (Fsp3) is 0.333. The average Bonchev–Trinajstić information content (AvgIpc) is 3.75. The molecule has 0 saturated carbocycles. The van der Waals surface area contributed by atoms with E-state index in [1.807, 2.05) is 19.9 Å². The van der Waals surface area contributed by atoms with Crippen LogP contribution in [-0.2, 0) is 21.8 Å². The molecule has 0 aliphatic carbocycles. The SMILES string of the molecule is CCOc1cc(C2/C(=C(\O)c3ccc4c(c3)CC(C)O4)C(=O)C(=O)N2c2nnc(SCc3ccc(Cl)cc3Cl)s2)ccc1OCCC(C)C. The van der Waals surface area contributed by atoms with Crippen LogP contribution in [0.25, 0.3) is 5.76 Å². The van der Waals surface area contributed by atoms with Gasteiger partial charge in [0.05, 0.1) is 24.8 Å². The summed E-state index contributed by atoms with van der Waals surface area (Å²) >= 11 is 15.0. The topological polar surface area (TPSA) is 111 Å². The Hall–Kier alpha value is -3.77. The van der Waals surface area contributed by atoms with E-state index in [0.717, 1.165) is 23.3 Å². The number of thioether (sulfide) groups is 1. The molecule has 2 atom stereocenters. The maximum Gasteiger partial charge on any atom is 0.301 e. The van der Waals surface area contributed by atoms with Crippen LogP contribution in [0, 0.1) is 5.92 Å². The minimum Gasteiger partial charge on any atom is -0.507 e. The molecule has 3 heterocycles. The minimum atomic E-state index is -1.02. The number of carbonyl (C=O) groups excluding carboxylic acids is 2. The van der Waals surface area contributed by atoms with Crippen LogP contribution in [0.15, 0.2) is 64.5 Å². The highest BCUT2D eigenvalue weighted by molar-refractivity contribution is 8.00. The van der Waals surface area contributed by atoms with Gasteiger partial charge >= 0.3 is 5.91 Å². The molecular weight excluding hydrogens is 705 g/mol. The highest BCUT2D eigenvalue weighted by Gasteiger charge is 2.48. The summed E-state index contributed by atoms with van der Waals surface area (Å²) in [6.45, 7) is 8.95. The molecule has 2 aliphatic rings. The highest BCUT2D eigenvalue weighted by Crippen LogP contribution is 2.46. The monoisotopic (exact) mass is 739 g/mol. The number of aromatic nitrogens is 2. The zero-order valence-electron chi connectivity index (χ0n) is 27.4. The Morgan fingerprint density at radius 3 is 2.65 bits per heavy atom. The van der Waals surface area contributed by atoms with Crippen LogP contribution in [0.4, 0.5) is 5.13 Å². The molecule has 1 fully saturated rings. The highest BCUT2D eigenvalue weighted by atomic mass is 35.5. The number of halogens is 2. The van der Waals surface area contributed by atoms with Crippen molar-refractivity contribution < 1.29 is 28.9 Å². The second-order valence-corrected chi connectivity index (χ2v) is 15.2. The third kappa shape index (κ3) is 7.55. The van der Waals surface area contributed by atoms with Crippen molar-refractivity contribution in [3.05, 3.63) is 92.5 Å². The molecule has 3 aromatic carbocycles. The molecule has 2 unspecified atom stereocenters. The maximum absolute atomic E-state index is 13.9. The summed E-state index contributed by atoms with van der Waals surface area (Å²) in [5.41, 5.74) is 2.66. The third-order valence-electron chi connectivity index (χ3n) is 8.12. The molecule has 2 aliphatic heterocycles. The summed E-state index contributed by atoms with van der Waals surface area (Å²) in [4.78, 5) is 29.0. The largest absolute Gasteiger partial charge is 0.507 e. The van der Waals surface area contributed by atoms with Crippen molar-refractivity contribution in [3.63, 3.8) is 0 Å². The van der Waals surface area contributed by atoms with Crippen LogP contribution in [0.1, 0.15) is 62.4 Å². The second kappa shape index (κ2) is 15.0. The molecule has 1 aromatic heterocycles. The van der Waals surface area contributed by atoms with E-state index in [2.05, 4.69) is 24.0 Å². The van der Waals surface area contributed by atoms with E-state index >= 15 is 0 Å². The third-order valence-corrected chi connectivity index (χ3v) is 10.8. The van der Waals surface area contributed by atoms with Crippen LogP contribution in [0.3, 0.4) is 0 Å². The number of ether oxygens (including phenoxy) is 3. The van der Waals surface area contributed by atoms with Gasteiger partial charge in [0.1, 0.15) is 17.6 Å². The predicted octanol–water partition coefficient (Wildman–Crippen LogP) is 8.91. The van der Waals surface area contributed by atoms with Gasteiger partial charge in [0.25, 0.3) is 5.78 Å². The number of amides is 1. The number of ketones is 1. The number of fused-ring (bicyclic) bond motifs is 1. The summed E-state index contributed by atoms with van der Waals surface area (Å²) < 4.78 is 18.4. The molecule has 0 radical (unpaired) electrons. The summed E-state index contributed by atoms with van der Waals surface area (Å²) in [5, 5.41) is 21.7. The van der Waals surface area contributed by atoms with E-state index in [-0.39, 0.29) is 22.6 Å². The van der Waals surface area contributed by atoms with Gasteiger partial charge in [-0.2, -0.15) is 0 Å². The summed E-state index contributed by atoms with van der Waals surface area (Å²) in [5.74, 6) is 0.742. The van der Waals surface area contributed by atoms with Crippen molar-refractivity contribution in [2.45, 2.75) is 62.8 Å². The number of hydrogen-bond donors (Lipinski definition) is 1. The Morgan fingerprint density at radius 1 is 1.08 bits per heavy atom. The predicted molar refractivity (Wildman–Crippen MR) is 194 cm³/mol. The van der Waals surface area contributed by atoms with E-state index < -0.39 is 17.7 Å². The Kier molecular flexibility index (Phi) is 10.7. The van der Waals surface area contributed by atoms with Crippen molar-refractivity contribution in [1.29, 1.82) is 0 Å². The van der Waals surface area contributed by atoms with Gasteiger partial charge < -0.3 is 19.3 Å². The molecule has 256 valence electrons.